The predicted molar refractivity (Wildman–Crippen MR) is 90.9 cm³/mol. The minimum Gasteiger partial charge on any atom is -0.481 e. The van der Waals surface area contributed by atoms with Gasteiger partial charge in [-0.25, -0.2) is 4.98 Å². The average molecular weight is 330 g/mol. The normalized spacial score (nSPS) is 15.5. The quantitative estimate of drug-likeness (QED) is 0.647. The Hall–Kier alpha value is -2.41. The van der Waals surface area contributed by atoms with E-state index in [1.807, 2.05) is 18.2 Å². The maximum Gasteiger partial charge on any atom is 0.303 e. The number of hydrogen-bond donors (Lipinski definition) is 4. The summed E-state index contributed by atoms with van der Waals surface area (Å²) in [6, 6.07) is 5.49. The average Bonchev–Trinajstić information content (AvgIpc) is 2.96. The van der Waals surface area contributed by atoms with Gasteiger partial charge in [0.25, 0.3) is 0 Å². The number of fused-ring (bicyclic) bond motifs is 1. The number of H-pyrrole nitrogens is 1. The molecule has 7 nitrogen and oxygen atoms in total. The number of carbonyl (C=O) groups excluding carboxylic acids is 1. The van der Waals surface area contributed by atoms with Crippen molar-refractivity contribution in [1.82, 2.24) is 15.3 Å². The molecule has 1 aliphatic heterocycles. The van der Waals surface area contributed by atoms with Gasteiger partial charge in [0.05, 0.1) is 17.5 Å². The molecule has 0 saturated carbocycles. The summed E-state index contributed by atoms with van der Waals surface area (Å²) in [4.78, 5) is 30.3. The Balaban J connectivity index is 1.61. The van der Waals surface area contributed by atoms with Crippen molar-refractivity contribution in [3.8, 4) is 0 Å². The van der Waals surface area contributed by atoms with Gasteiger partial charge in [-0.1, -0.05) is 0 Å². The molecule has 0 bridgehead atoms. The van der Waals surface area contributed by atoms with Crippen LogP contribution in [-0.2, 0) is 16.0 Å². The number of aromatic nitrogens is 2. The first kappa shape index (κ1) is 16.4. The highest BCUT2D eigenvalue weighted by Crippen LogP contribution is 2.20. The summed E-state index contributed by atoms with van der Waals surface area (Å²) in [5.41, 5.74) is 2.30. The van der Waals surface area contributed by atoms with E-state index in [1.165, 1.54) is 0 Å². The zero-order chi connectivity index (χ0) is 16.9. The second-order valence-electron chi connectivity index (χ2n) is 6.25. The molecule has 0 aliphatic carbocycles. The van der Waals surface area contributed by atoms with Crippen molar-refractivity contribution < 1.29 is 14.7 Å². The highest BCUT2D eigenvalue weighted by atomic mass is 16.4. The van der Waals surface area contributed by atoms with Crippen LogP contribution in [0.4, 0.5) is 5.69 Å². The molecule has 0 unspecified atom stereocenters. The monoisotopic (exact) mass is 330 g/mol. The molecular weight excluding hydrogens is 308 g/mol. The van der Waals surface area contributed by atoms with Crippen LogP contribution in [0.1, 0.15) is 31.5 Å². The van der Waals surface area contributed by atoms with Gasteiger partial charge >= 0.3 is 5.97 Å². The summed E-state index contributed by atoms with van der Waals surface area (Å²) in [6.45, 7) is 1.97. The van der Waals surface area contributed by atoms with Crippen LogP contribution in [0, 0.1) is 5.92 Å². The van der Waals surface area contributed by atoms with E-state index in [2.05, 4.69) is 20.6 Å². The molecule has 4 N–H and O–H groups in total. The first-order valence-electron chi connectivity index (χ1n) is 8.31. The summed E-state index contributed by atoms with van der Waals surface area (Å²) in [6.07, 6.45) is 3.04. The van der Waals surface area contributed by atoms with E-state index in [4.69, 9.17) is 5.11 Å². The highest BCUT2D eigenvalue weighted by Gasteiger charge is 2.17. The van der Waals surface area contributed by atoms with Crippen LogP contribution in [0.15, 0.2) is 18.2 Å². The van der Waals surface area contributed by atoms with E-state index in [1.54, 1.807) is 0 Å². The van der Waals surface area contributed by atoms with Gasteiger partial charge in [0.1, 0.15) is 5.82 Å². The molecule has 7 heteroatoms. The van der Waals surface area contributed by atoms with Crippen LogP contribution in [0.5, 0.6) is 0 Å². The maximum absolute atomic E-state index is 12.2. The van der Waals surface area contributed by atoms with E-state index in [-0.39, 0.29) is 12.3 Å². The van der Waals surface area contributed by atoms with Crippen LogP contribution in [0.2, 0.25) is 0 Å². The van der Waals surface area contributed by atoms with Gasteiger partial charge in [0.2, 0.25) is 5.91 Å². The number of anilines is 1. The molecule has 2 aromatic rings. The Kier molecular flexibility index (Phi) is 5.10. The topological polar surface area (TPSA) is 107 Å². The van der Waals surface area contributed by atoms with Gasteiger partial charge in [-0.05, 0) is 50.0 Å². The molecular formula is C17H22N4O3. The number of benzene rings is 1. The van der Waals surface area contributed by atoms with Crippen molar-refractivity contribution in [3.63, 3.8) is 0 Å². The summed E-state index contributed by atoms with van der Waals surface area (Å²) in [5.74, 6) is 0.281. The van der Waals surface area contributed by atoms with Crippen molar-refractivity contribution in [2.45, 2.75) is 32.1 Å². The third kappa shape index (κ3) is 4.32. The summed E-state index contributed by atoms with van der Waals surface area (Å²) >= 11 is 0. The molecule has 1 aliphatic rings. The van der Waals surface area contributed by atoms with Gasteiger partial charge in [-0.15, -0.1) is 0 Å². The molecule has 3 rings (SSSR count). The number of carboxylic acids is 1. The number of hydrogen-bond acceptors (Lipinski definition) is 4. The first-order chi connectivity index (χ1) is 11.6. The Morgan fingerprint density at radius 1 is 1.29 bits per heavy atom. The van der Waals surface area contributed by atoms with Gasteiger partial charge < -0.3 is 20.7 Å². The zero-order valence-corrected chi connectivity index (χ0v) is 13.5. The Morgan fingerprint density at radius 3 is 2.83 bits per heavy atom. The van der Waals surface area contributed by atoms with E-state index >= 15 is 0 Å². The summed E-state index contributed by atoms with van der Waals surface area (Å²) in [7, 11) is 0. The second-order valence-corrected chi connectivity index (χ2v) is 6.25. The number of nitrogens with zero attached hydrogens (tertiary/aromatic N) is 1. The van der Waals surface area contributed by atoms with Crippen molar-refractivity contribution >= 4 is 28.6 Å². The van der Waals surface area contributed by atoms with Crippen molar-refractivity contribution in [2.75, 3.05) is 18.4 Å². The molecule has 0 spiro atoms. The lowest BCUT2D eigenvalue weighted by atomic mass is 9.94. The molecule has 0 atom stereocenters. The van der Waals surface area contributed by atoms with E-state index in [0.717, 1.165) is 42.7 Å². The van der Waals surface area contributed by atoms with Crippen LogP contribution < -0.4 is 10.6 Å². The van der Waals surface area contributed by atoms with Gasteiger partial charge in [0.15, 0.2) is 0 Å². The van der Waals surface area contributed by atoms with Gasteiger partial charge in [-0.3, -0.25) is 9.59 Å². The number of amides is 1. The molecule has 1 aromatic carbocycles. The largest absolute Gasteiger partial charge is 0.481 e. The van der Waals surface area contributed by atoms with Crippen LogP contribution in [0.25, 0.3) is 11.0 Å². The van der Waals surface area contributed by atoms with Crippen LogP contribution >= 0.6 is 0 Å². The number of aryl methyl sites for hydroxylation is 1. The van der Waals surface area contributed by atoms with E-state index in [0.29, 0.717) is 24.6 Å². The smallest absolute Gasteiger partial charge is 0.303 e. The molecule has 1 saturated heterocycles. The molecule has 1 fully saturated rings. The van der Waals surface area contributed by atoms with E-state index < -0.39 is 5.97 Å². The molecule has 1 aromatic heterocycles. The molecule has 1 amide bonds. The van der Waals surface area contributed by atoms with Gasteiger partial charge in [0, 0.05) is 18.5 Å². The molecule has 0 radical (unpaired) electrons. The number of rotatable bonds is 6. The molecule has 2 heterocycles. The Bertz CT molecular complexity index is 735. The minimum atomic E-state index is -0.846. The fourth-order valence-corrected chi connectivity index (χ4v) is 3.04. The molecule has 24 heavy (non-hydrogen) atoms. The van der Waals surface area contributed by atoms with Crippen molar-refractivity contribution in [2.24, 2.45) is 5.92 Å². The predicted octanol–water partition coefficient (Wildman–Crippen LogP) is 1.91. The second kappa shape index (κ2) is 7.44. The number of imidazole rings is 1. The maximum atomic E-state index is 12.2. The number of aliphatic carboxylic acids is 1. The number of nitrogens with one attached hydrogen (secondary N) is 3. The molecule has 128 valence electrons. The summed E-state index contributed by atoms with van der Waals surface area (Å²) in [5, 5.41) is 15.0. The van der Waals surface area contributed by atoms with Crippen LogP contribution in [0.3, 0.4) is 0 Å². The lowest BCUT2D eigenvalue weighted by Crippen LogP contribution is -2.30. The van der Waals surface area contributed by atoms with Crippen molar-refractivity contribution in [1.29, 1.82) is 0 Å². The number of carboxylic acid groups (broad SMARTS) is 1. The minimum absolute atomic E-state index is 0.0341. The fraction of sp³-hybridized carbons (Fsp3) is 0.471. The lowest BCUT2D eigenvalue weighted by Gasteiger charge is -2.21. The number of carbonyl (C=O) groups is 2. The third-order valence-corrected chi connectivity index (χ3v) is 4.32. The lowest BCUT2D eigenvalue weighted by molar-refractivity contribution is -0.137. The first-order valence-corrected chi connectivity index (χ1v) is 8.31. The number of aromatic amines is 1. The standard InChI is InChI=1S/C17H22N4O3/c22-16(9-11-5-7-18-8-6-11)19-12-1-2-13-14(10-12)21-15(20-13)3-4-17(23)24/h1-2,10-11,18H,3-9H2,(H,19,22)(H,20,21)(H,23,24). The van der Waals surface area contributed by atoms with Crippen LogP contribution in [-0.4, -0.2) is 40.0 Å². The van der Waals surface area contributed by atoms with E-state index in [9.17, 15) is 9.59 Å². The van der Waals surface area contributed by atoms with Crippen molar-refractivity contribution in [3.05, 3.63) is 24.0 Å². The van der Waals surface area contributed by atoms with Gasteiger partial charge in [-0.2, -0.15) is 0 Å². The zero-order valence-electron chi connectivity index (χ0n) is 13.5. The fourth-order valence-electron chi connectivity index (χ4n) is 3.04. The summed E-state index contributed by atoms with van der Waals surface area (Å²) < 4.78 is 0. The third-order valence-electron chi connectivity index (χ3n) is 4.32. The Labute approximate surface area is 139 Å². The Morgan fingerprint density at radius 2 is 2.08 bits per heavy atom. The SMILES string of the molecule is O=C(O)CCc1nc2ccc(NC(=O)CC3CCNCC3)cc2[nH]1. The number of piperidine rings is 1. The highest BCUT2D eigenvalue weighted by molar-refractivity contribution is 5.93.